The minimum absolute atomic E-state index is 0.111. The Hall–Kier alpha value is -0.430. The van der Waals surface area contributed by atoms with Crippen LogP contribution in [0.15, 0.2) is 0 Å². The number of nitrogens with zero attached hydrogens (tertiary/aromatic N) is 1. The van der Waals surface area contributed by atoms with Crippen molar-refractivity contribution in [3.63, 3.8) is 0 Å². The van der Waals surface area contributed by atoms with Crippen molar-refractivity contribution in [3.8, 4) is 0 Å². The maximum atomic E-state index is 12.8. The quantitative estimate of drug-likeness (QED) is 0.517. The molecule has 3 aliphatic carbocycles. The fraction of sp³-hybridized carbons (Fsp3) is 0.824. The lowest BCUT2D eigenvalue weighted by Crippen LogP contribution is -2.45. The van der Waals surface area contributed by atoms with Crippen molar-refractivity contribution in [2.75, 3.05) is 6.54 Å². The summed E-state index contributed by atoms with van der Waals surface area (Å²) in [6, 6.07) is 0.202. The molecule has 24 heavy (non-hydrogen) atoms. The molecule has 0 aromatic carbocycles. The molecule has 132 valence electrons. The first-order chi connectivity index (χ1) is 11.5. The Labute approximate surface area is 158 Å². The van der Waals surface area contributed by atoms with E-state index in [2.05, 4.69) is 37.2 Å². The molecule has 1 aliphatic heterocycles. The number of likely N-dealkylation sites (tertiary alicyclic amines) is 1. The summed E-state index contributed by atoms with van der Waals surface area (Å²) >= 11 is 7.35. The average molecular weight is 462 g/mol. The summed E-state index contributed by atoms with van der Waals surface area (Å²) in [5.74, 6) is -0.534. The molecule has 1 saturated heterocycles. The second-order valence-corrected chi connectivity index (χ2v) is 9.78. The Bertz CT molecular complexity index is 546. The first-order valence-corrected chi connectivity index (χ1v) is 10.7. The van der Waals surface area contributed by atoms with Crippen molar-refractivity contribution < 1.29 is 14.4 Å². The third kappa shape index (κ3) is 2.57. The molecule has 0 aromatic rings. The van der Waals surface area contributed by atoms with Crippen LogP contribution in [-0.2, 0) is 14.4 Å². The molecule has 0 aromatic heterocycles. The van der Waals surface area contributed by atoms with Crippen LogP contribution < -0.4 is 5.32 Å². The van der Waals surface area contributed by atoms with Crippen molar-refractivity contribution in [2.45, 2.75) is 54.2 Å². The monoisotopic (exact) mass is 460 g/mol. The molecule has 4 aliphatic rings. The molecule has 0 unspecified atom stereocenters. The molecule has 2 bridgehead atoms. The smallest absolute Gasteiger partial charge is 0.240 e. The molecular formula is C17H22Br2N2O3. The average Bonchev–Trinajstić information content (AvgIpc) is 3.16. The molecule has 6 atom stereocenters. The van der Waals surface area contributed by atoms with E-state index < -0.39 is 0 Å². The zero-order valence-corrected chi connectivity index (χ0v) is 16.6. The van der Waals surface area contributed by atoms with Crippen LogP contribution in [0.3, 0.4) is 0 Å². The van der Waals surface area contributed by atoms with Gasteiger partial charge >= 0.3 is 0 Å². The van der Waals surface area contributed by atoms with Gasteiger partial charge in [0, 0.05) is 15.7 Å². The summed E-state index contributed by atoms with van der Waals surface area (Å²) in [4.78, 5) is 39.5. The van der Waals surface area contributed by atoms with Gasteiger partial charge in [-0.3, -0.25) is 19.3 Å². The number of carbonyl (C=O) groups is 3. The van der Waals surface area contributed by atoms with Crippen molar-refractivity contribution >= 4 is 49.6 Å². The van der Waals surface area contributed by atoms with Crippen LogP contribution in [0.2, 0.25) is 0 Å². The predicted octanol–water partition coefficient (Wildman–Crippen LogP) is 2.21. The van der Waals surface area contributed by atoms with Crippen LogP contribution in [0.4, 0.5) is 0 Å². The van der Waals surface area contributed by atoms with E-state index in [0.29, 0.717) is 0 Å². The van der Waals surface area contributed by atoms with Gasteiger partial charge in [0.05, 0.1) is 11.8 Å². The predicted molar refractivity (Wildman–Crippen MR) is 95.7 cm³/mol. The highest BCUT2D eigenvalue weighted by Crippen LogP contribution is 2.60. The van der Waals surface area contributed by atoms with E-state index in [1.54, 1.807) is 0 Å². The van der Waals surface area contributed by atoms with E-state index in [4.69, 9.17) is 0 Å². The van der Waals surface area contributed by atoms with Crippen LogP contribution >= 0.6 is 31.9 Å². The van der Waals surface area contributed by atoms with Gasteiger partial charge in [0.15, 0.2) is 0 Å². The van der Waals surface area contributed by atoms with Gasteiger partial charge in [-0.05, 0) is 31.1 Å². The number of fused-ring (bicyclic) bond motifs is 5. The minimum atomic E-state index is -0.233. The largest absolute Gasteiger partial charge is 0.352 e. The molecule has 3 amide bonds. The lowest BCUT2D eigenvalue weighted by Gasteiger charge is -2.28. The van der Waals surface area contributed by atoms with Gasteiger partial charge in [-0.1, -0.05) is 51.1 Å². The zero-order chi connectivity index (χ0) is 17.0. The maximum absolute atomic E-state index is 12.8. The molecule has 4 rings (SSSR count). The van der Waals surface area contributed by atoms with Crippen molar-refractivity contribution in [2.24, 2.45) is 23.7 Å². The van der Waals surface area contributed by atoms with Crippen LogP contribution in [0, 0.1) is 23.7 Å². The van der Waals surface area contributed by atoms with E-state index in [-0.39, 0.29) is 63.6 Å². The van der Waals surface area contributed by atoms with Gasteiger partial charge in [0.1, 0.15) is 6.54 Å². The fourth-order valence-corrected chi connectivity index (χ4v) is 7.10. The van der Waals surface area contributed by atoms with E-state index >= 15 is 0 Å². The molecule has 5 nitrogen and oxygen atoms in total. The van der Waals surface area contributed by atoms with Crippen LogP contribution in [0.1, 0.15) is 38.5 Å². The molecule has 3 saturated carbocycles. The van der Waals surface area contributed by atoms with Gasteiger partial charge in [-0.2, -0.15) is 0 Å². The van der Waals surface area contributed by atoms with Gasteiger partial charge in [-0.25, -0.2) is 0 Å². The van der Waals surface area contributed by atoms with Crippen molar-refractivity contribution in [1.29, 1.82) is 0 Å². The summed E-state index contributed by atoms with van der Waals surface area (Å²) < 4.78 is 0. The number of carbonyl (C=O) groups excluding carboxylic acids is 3. The first-order valence-electron chi connectivity index (χ1n) is 8.91. The number of alkyl halides is 2. The lowest BCUT2D eigenvalue weighted by molar-refractivity contribution is -0.144. The molecule has 4 fully saturated rings. The molecule has 7 heteroatoms. The Kier molecular flexibility index (Phi) is 4.52. The maximum Gasteiger partial charge on any atom is 0.240 e. The molecule has 1 N–H and O–H groups in total. The first kappa shape index (κ1) is 17.0. The summed E-state index contributed by atoms with van der Waals surface area (Å²) in [7, 11) is 0. The molecule has 0 spiro atoms. The van der Waals surface area contributed by atoms with Crippen molar-refractivity contribution in [3.05, 3.63) is 0 Å². The Morgan fingerprint density at radius 3 is 2.08 bits per heavy atom. The Morgan fingerprint density at radius 1 is 1.00 bits per heavy atom. The third-order valence-corrected chi connectivity index (χ3v) is 9.56. The van der Waals surface area contributed by atoms with E-state index in [1.165, 1.54) is 11.3 Å². The lowest BCUT2D eigenvalue weighted by atomic mass is 9.81. The van der Waals surface area contributed by atoms with E-state index in [0.717, 1.165) is 32.1 Å². The highest BCUT2D eigenvalue weighted by Gasteiger charge is 2.66. The number of halogens is 2. The molecular weight excluding hydrogens is 440 g/mol. The molecule has 1 heterocycles. The Balaban J connectivity index is 1.43. The number of imide groups is 1. The number of hydrogen-bond donors (Lipinski definition) is 1. The van der Waals surface area contributed by atoms with Crippen LogP contribution in [-0.4, -0.2) is 44.9 Å². The normalized spacial score (nSPS) is 41.8. The standard InChI is InChI=1S/C17H22Br2N2O3/c18-14-9-6-10(15(14)19)13-12(9)16(23)21(17(13)24)7-11(22)20-8-4-2-1-3-5-8/h8-10,12-15H,1-7H2,(H,20,22)/t9-,10-,12-,13+,14+,15+/m1/s1. The van der Waals surface area contributed by atoms with Gasteiger partial charge in [0.25, 0.3) is 0 Å². The number of nitrogens with one attached hydrogen (secondary N) is 1. The summed E-state index contributed by atoms with van der Waals surface area (Å²) in [5.41, 5.74) is 0. The van der Waals surface area contributed by atoms with E-state index in [9.17, 15) is 14.4 Å². The third-order valence-electron chi connectivity index (χ3n) is 6.35. The van der Waals surface area contributed by atoms with Crippen molar-refractivity contribution in [1.82, 2.24) is 10.2 Å². The van der Waals surface area contributed by atoms with E-state index in [1.807, 2.05) is 0 Å². The number of amides is 3. The zero-order valence-electron chi connectivity index (χ0n) is 13.4. The van der Waals surface area contributed by atoms with Gasteiger partial charge in [-0.15, -0.1) is 0 Å². The summed E-state index contributed by atoms with van der Waals surface area (Å²) in [6.45, 7) is -0.111. The number of hydrogen-bond acceptors (Lipinski definition) is 3. The highest BCUT2D eigenvalue weighted by atomic mass is 79.9. The minimum Gasteiger partial charge on any atom is -0.352 e. The summed E-state index contributed by atoms with van der Waals surface area (Å²) in [6.07, 6.45) is 6.42. The van der Waals surface area contributed by atoms with Crippen LogP contribution in [0.25, 0.3) is 0 Å². The summed E-state index contributed by atoms with van der Waals surface area (Å²) in [5, 5.41) is 3.00. The Morgan fingerprint density at radius 2 is 1.54 bits per heavy atom. The molecule has 0 radical (unpaired) electrons. The number of rotatable bonds is 3. The highest BCUT2D eigenvalue weighted by molar-refractivity contribution is 9.12. The topological polar surface area (TPSA) is 66.5 Å². The SMILES string of the molecule is O=C(CN1C(=O)[C@@H]2[C@H]3C[C@@H]([C@H](Br)[C@H]3Br)[C@@H]2C1=O)NC1CCCCC1. The van der Waals surface area contributed by atoms with Gasteiger partial charge < -0.3 is 5.32 Å². The fourth-order valence-electron chi connectivity index (χ4n) is 5.23. The van der Waals surface area contributed by atoms with Gasteiger partial charge in [0.2, 0.25) is 17.7 Å². The second kappa shape index (κ2) is 6.38. The second-order valence-electron chi connectivity index (χ2n) is 7.67. The van der Waals surface area contributed by atoms with Crippen LogP contribution in [0.5, 0.6) is 0 Å².